The first kappa shape index (κ1) is 11.7. The minimum absolute atomic E-state index is 0.193. The summed E-state index contributed by atoms with van der Waals surface area (Å²) in [6.45, 7) is 1.73. The van der Waals surface area contributed by atoms with Crippen molar-refractivity contribution < 1.29 is 4.92 Å². The maximum atomic E-state index is 10.9. The first-order valence-electron chi connectivity index (χ1n) is 4.94. The SMILES string of the molecule is CC(Nc1ncc([N+](=O)[O-])cn1)c1n[nH]c(=O)[nH]1. The molecule has 94 valence electrons. The molecule has 10 heteroatoms. The molecule has 0 bridgehead atoms. The second-order valence-corrected chi connectivity index (χ2v) is 3.45. The smallest absolute Gasteiger partial charge is 0.340 e. The van der Waals surface area contributed by atoms with E-state index in [4.69, 9.17) is 0 Å². The molecule has 1 unspecified atom stereocenters. The number of aromatic nitrogens is 5. The molecule has 0 aliphatic carbocycles. The average Bonchev–Trinajstić information content (AvgIpc) is 2.76. The summed E-state index contributed by atoms with van der Waals surface area (Å²) in [5.41, 5.74) is -0.607. The molecule has 18 heavy (non-hydrogen) atoms. The van der Waals surface area contributed by atoms with Crippen molar-refractivity contribution in [3.63, 3.8) is 0 Å². The Hall–Kier alpha value is -2.78. The van der Waals surface area contributed by atoms with Gasteiger partial charge in [-0.15, -0.1) is 0 Å². The van der Waals surface area contributed by atoms with Crippen molar-refractivity contribution >= 4 is 11.6 Å². The van der Waals surface area contributed by atoms with Gasteiger partial charge in [-0.1, -0.05) is 0 Å². The molecule has 0 saturated carbocycles. The lowest BCUT2D eigenvalue weighted by molar-refractivity contribution is -0.385. The van der Waals surface area contributed by atoms with Crippen molar-refractivity contribution in [2.45, 2.75) is 13.0 Å². The van der Waals surface area contributed by atoms with E-state index in [1.807, 2.05) is 0 Å². The summed E-state index contributed by atoms with van der Waals surface area (Å²) in [6.07, 6.45) is 2.19. The topological polar surface area (TPSA) is 142 Å². The number of nitrogens with one attached hydrogen (secondary N) is 3. The van der Waals surface area contributed by atoms with E-state index in [9.17, 15) is 14.9 Å². The van der Waals surface area contributed by atoms with E-state index in [1.54, 1.807) is 6.92 Å². The Morgan fingerprint density at radius 3 is 2.61 bits per heavy atom. The standard InChI is InChI=1S/C8H9N7O3/c1-4(6-12-8(16)14-13-6)11-7-9-2-5(3-10-7)15(17)18/h2-4H,1H3,(H,9,10,11)(H2,12,13,14,16). The predicted octanol–water partition coefficient (Wildman–Crippen LogP) is -0.0307. The molecule has 0 aliphatic heterocycles. The lowest BCUT2D eigenvalue weighted by atomic mass is 10.3. The van der Waals surface area contributed by atoms with Gasteiger partial charge in [-0.25, -0.2) is 19.9 Å². The van der Waals surface area contributed by atoms with Crippen LogP contribution in [0.1, 0.15) is 18.8 Å². The summed E-state index contributed by atoms with van der Waals surface area (Å²) in [5, 5.41) is 19.2. The van der Waals surface area contributed by atoms with Crippen molar-refractivity contribution in [3.8, 4) is 0 Å². The highest BCUT2D eigenvalue weighted by atomic mass is 16.6. The van der Waals surface area contributed by atoms with Crippen LogP contribution in [0.2, 0.25) is 0 Å². The number of H-pyrrole nitrogens is 2. The van der Waals surface area contributed by atoms with Crippen LogP contribution in [0.5, 0.6) is 0 Å². The van der Waals surface area contributed by atoms with Gasteiger partial charge in [0.05, 0.1) is 11.0 Å². The van der Waals surface area contributed by atoms with Gasteiger partial charge in [0.15, 0.2) is 5.82 Å². The second kappa shape index (κ2) is 4.61. The molecule has 2 heterocycles. The molecule has 0 saturated heterocycles. The Bertz CT molecular complexity index is 602. The minimum Gasteiger partial charge on any atom is -0.344 e. The number of aromatic amines is 2. The van der Waals surface area contributed by atoms with Crippen LogP contribution in [-0.2, 0) is 0 Å². The van der Waals surface area contributed by atoms with E-state index < -0.39 is 10.6 Å². The van der Waals surface area contributed by atoms with Crippen LogP contribution in [0.15, 0.2) is 17.2 Å². The Morgan fingerprint density at radius 2 is 2.11 bits per heavy atom. The van der Waals surface area contributed by atoms with Crippen molar-refractivity contribution in [1.82, 2.24) is 25.1 Å². The zero-order valence-corrected chi connectivity index (χ0v) is 9.25. The molecule has 1 atom stereocenters. The molecule has 2 rings (SSSR count). The molecule has 2 aromatic heterocycles. The summed E-state index contributed by atoms with van der Waals surface area (Å²) >= 11 is 0. The van der Waals surface area contributed by atoms with Gasteiger partial charge < -0.3 is 5.32 Å². The largest absolute Gasteiger partial charge is 0.344 e. The maximum Gasteiger partial charge on any atom is 0.340 e. The number of hydrogen-bond acceptors (Lipinski definition) is 7. The van der Waals surface area contributed by atoms with Crippen molar-refractivity contribution in [2.24, 2.45) is 0 Å². The highest BCUT2D eigenvalue weighted by Crippen LogP contribution is 2.13. The van der Waals surface area contributed by atoms with Gasteiger partial charge in [-0.3, -0.25) is 15.1 Å². The lowest BCUT2D eigenvalue weighted by Gasteiger charge is -2.09. The van der Waals surface area contributed by atoms with E-state index in [-0.39, 0.29) is 17.7 Å². The van der Waals surface area contributed by atoms with Crippen LogP contribution in [0, 0.1) is 10.1 Å². The summed E-state index contributed by atoms with van der Waals surface area (Å²) in [6, 6.07) is -0.342. The zero-order chi connectivity index (χ0) is 13.1. The van der Waals surface area contributed by atoms with Crippen LogP contribution >= 0.6 is 0 Å². The fourth-order valence-electron chi connectivity index (χ4n) is 1.24. The molecule has 0 radical (unpaired) electrons. The number of nitrogens with zero attached hydrogens (tertiary/aromatic N) is 4. The number of anilines is 1. The van der Waals surface area contributed by atoms with Gasteiger partial charge in [0.25, 0.3) is 0 Å². The van der Waals surface area contributed by atoms with Crippen LogP contribution in [-0.4, -0.2) is 30.1 Å². The highest BCUT2D eigenvalue weighted by molar-refractivity contribution is 5.32. The van der Waals surface area contributed by atoms with Gasteiger partial charge in [0.2, 0.25) is 5.95 Å². The molecule has 0 spiro atoms. The van der Waals surface area contributed by atoms with Crippen molar-refractivity contribution in [2.75, 3.05) is 5.32 Å². The van der Waals surface area contributed by atoms with E-state index >= 15 is 0 Å². The molecule has 0 amide bonds. The summed E-state index contributed by atoms with van der Waals surface area (Å²) < 4.78 is 0. The van der Waals surface area contributed by atoms with Gasteiger partial charge in [0, 0.05) is 0 Å². The predicted molar refractivity (Wildman–Crippen MR) is 59.9 cm³/mol. The van der Waals surface area contributed by atoms with Crippen molar-refractivity contribution in [3.05, 3.63) is 38.8 Å². The first-order valence-corrected chi connectivity index (χ1v) is 4.94. The van der Waals surface area contributed by atoms with Crippen LogP contribution in [0.3, 0.4) is 0 Å². The summed E-state index contributed by atoms with van der Waals surface area (Å²) in [5.74, 6) is 0.596. The van der Waals surface area contributed by atoms with Gasteiger partial charge in [-0.2, -0.15) is 5.10 Å². The molecule has 10 nitrogen and oxygen atoms in total. The van der Waals surface area contributed by atoms with Crippen molar-refractivity contribution in [1.29, 1.82) is 0 Å². The summed E-state index contributed by atoms with van der Waals surface area (Å²) in [4.78, 5) is 30.7. The van der Waals surface area contributed by atoms with Gasteiger partial charge >= 0.3 is 11.4 Å². The molecular formula is C8H9N7O3. The number of hydrogen-bond donors (Lipinski definition) is 3. The van der Waals surface area contributed by atoms with E-state index in [1.165, 1.54) is 0 Å². The van der Waals surface area contributed by atoms with Crippen LogP contribution in [0.4, 0.5) is 11.6 Å². The third-order valence-electron chi connectivity index (χ3n) is 2.12. The van der Waals surface area contributed by atoms with E-state index in [0.29, 0.717) is 5.82 Å². The first-order chi connectivity index (χ1) is 8.56. The maximum absolute atomic E-state index is 10.9. The normalized spacial score (nSPS) is 12.1. The van der Waals surface area contributed by atoms with Gasteiger partial charge in [0.1, 0.15) is 12.4 Å². The Morgan fingerprint density at radius 1 is 1.44 bits per heavy atom. The quantitative estimate of drug-likeness (QED) is 0.511. The Balaban J connectivity index is 2.09. The lowest BCUT2D eigenvalue weighted by Crippen LogP contribution is -2.12. The average molecular weight is 251 g/mol. The molecule has 0 aromatic carbocycles. The fraction of sp³-hybridized carbons (Fsp3) is 0.250. The van der Waals surface area contributed by atoms with Crippen LogP contribution in [0.25, 0.3) is 0 Å². The van der Waals surface area contributed by atoms with Gasteiger partial charge in [-0.05, 0) is 6.92 Å². The third-order valence-corrected chi connectivity index (χ3v) is 2.12. The minimum atomic E-state index is -0.585. The van der Waals surface area contributed by atoms with E-state index in [0.717, 1.165) is 12.4 Å². The summed E-state index contributed by atoms with van der Waals surface area (Å²) in [7, 11) is 0. The molecule has 3 N–H and O–H groups in total. The second-order valence-electron chi connectivity index (χ2n) is 3.45. The van der Waals surface area contributed by atoms with Crippen LogP contribution < -0.4 is 11.0 Å². The van der Waals surface area contributed by atoms with E-state index in [2.05, 4.69) is 30.5 Å². The number of rotatable bonds is 4. The molecule has 2 aromatic rings. The molecule has 0 fully saturated rings. The molecular weight excluding hydrogens is 242 g/mol. The monoisotopic (exact) mass is 251 g/mol. The Kier molecular flexibility index (Phi) is 3.00. The Labute approximate surface area is 99.6 Å². The highest BCUT2D eigenvalue weighted by Gasteiger charge is 2.12. The molecule has 0 aliphatic rings. The third kappa shape index (κ3) is 2.48. The number of nitro groups is 1. The zero-order valence-electron chi connectivity index (χ0n) is 9.25. The fourth-order valence-corrected chi connectivity index (χ4v) is 1.24.